The molecule has 0 fully saturated rings. The van der Waals surface area contributed by atoms with Crippen molar-refractivity contribution in [2.24, 2.45) is 0 Å². The number of aliphatic hydroxyl groups is 3. The fourth-order valence-corrected chi connectivity index (χ4v) is 0.555. The summed E-state index contributed by atoms with van der Waals surface area (Å²) in [4.78, 5) is 0. The van der Waals surface area contributed by atoms with Crippen molar-refractivity contribution in [2.45, 2.75) is 32.0 Å². The molecule has 0 aliphatic heterocycles. The van der Waals surface area contributed by atoms with Crippen LogP contribution in [0.15, 0.2) is 0 Å². The van der Waals surface area contributed by atoms with E-state index in [-0.39, 0.29) is 13.0 Å². The smallest absolute Gasteiger partial charge is 0.0795 e. The van der Waals surface area contributed by atoms with Crippen molar-refractivity contribution in [1.82, 2.24) is 0 Å². The maximum atomic E-state index is 8.89. The zero-order chi connectivity index (χ0) is 7.28. The summed E-state index contributed by atoms with van der Waals surface area (Å²) in [5.41, 5.74) is 0. The van der Waals surface area contributed by atoms with Crippen LogP contribution in [0.2, 0.25) is 0 Å². The summed E-state index contributed by atoms with van der Waals surface area (Å²) >= 11 is 0. The second-order valence-electron chi connectivity index (χ2n) is 2.13. The van der Waals surface area contributed by atoms with Gasteiger partial charge in [0.1, 0.15) is 0 Å². The number of rotatable bonds is 4. The van der Waals surface area contributed by atoms with Crippen LogP contribution in [-0.2, 0) is 0 Å². The highest BCUT2D eigenvalue weighted by Crippen LogP contribution is 2.00. The second kappa shape index (κ2) is 4.73. The van der Waals surface area contributed by atoms with Crippen molar-refractivity contribution in [3.8, 4) is 0 Å². The van der Waals surface area contributed by atoms with Gasteiger partial charge in [-0.15, -0.1) is 0 Å². The van der Waals surface area contributed by atoms with Gasteiger partial charge in [0, 0.05) is 6.42 Å². The molecule has 0 heterocycles. The van der Waals surface area contributed by atoms with Crippen LogP contribution < -0.4 is 0 Å². The van der Waals surface area contributed by atoms with Gasteiger partial charge < -0.3 is 15.3 Å². The summed E-state index contributed by atoms with van der Waals surface area (Å²) in [5.74, 6) is 0. The van der Waals surface area contributed by atoms with Crippen LogP contribution >= 0.6 is 0 Å². The van der Waals surface area contributed by atoms with Crippen LogP contribution in [0.3, 0.4) is 0 Å². The molecule has 2 atom stereocenters. The molecule has 0 radical (unpaired) electrons. The van der Waals surface area contributed by atoms with E-state index >= 15 is 0 Å². The average molecular weight is 134 g/mol. The first-order valence-corrected chi connectivity index (χ1v) is 3.17. The lowest BCUT2D eigenvalue weighted by Gasteiger charge is -2.10. The molecule has 56 valence electrons. The van der Waals surface area contributed by atoms with Crippen LogP contribution in [-0.4, -0.2) is 34.1 Å². The van der Waals surface area contributed by atoms with Crippen LogP contribution in [0.5, 0.6) is 0 Å². The highest BCUT2D eigenvalue weighted by Gasteiger charge is 2.07. The molecule has 0 aliphatic carbocycles. The molecule has 9 heavy (non-hydrogen) atoms. The first-order valence-electron chi connectivity index (χ1n) is 3.17. The number of hydrogen-bond donors (Lipinski definition) is 3. The highest BCUT2D eigenvalue weighted by molar-refractivity contribution is 4.59. The zero-order valence-corrected chi connectivity index (χ0v) is 5.62. The highest BCUT2D eigenvalue weighted by atomic mass is 16.3. The SMILES string of the molecule is CC[C@H](O)C[C@@H](O)CO. The fraction of sp³-hybridized carbons (Fsp3) is 1.00. The fourth-order valence-electron chi connectivity index (χ4n) is 0.555. The third-order valence-electron chi connectivity index (χ3n) is 1.23. The van der Waals surface area contributed by atoms with Crippen molar-refractivity contribution in [3.05, 3.63) is 0 Å². The lowest BCUT2D eigenvalue weighted by molar-refractivity contribution is 0.0406. The Morgan fingerprint density at radius 1 is 1.22 bits per heavy atom. The number of hydrogen-bond acceptors (Lipinski definition) is 3. The first-order chi connectivity index (χ1) is 4.20. The molecule has 3 nitrogen and oxygen atoms in total. The molecule has 0 bridgehead atoms. The van der Waals surface area contributed by atoms with Crippen molar-refractivity contribution in [2.75, 3.05) is 6.61 Å². The third-order valence-corrected chi connectivity index (χ3v) is 1.23. The van der Waals surface area contributed by atoms with E-state index in [0.29, 0.717) is 6.42 Å². The molecular weight excluding hydrogens is 120 g/mol. The van der Waals surface area contributed by atoms with E-state index in [2.05, 4.69) is 0 Å². The van der Waals surface area contributed by atoms with Gasteiger partial charge in [-0.3, -0.25) is 0 Å². The van der Waals surface area contributed by atoms with Crippen LogP contribution in [0.25, 0.3) is 0 Å². The maximum Gasteiger partial charge on any atom is 0.0795 e. The minimum atomic E-state index is -0.764. The Kier molecular flexibility index (Phi) is 4.67. The molecule has 0 aromatic rings. The molecule has 0 aliphatic rings. The van der Waals surface area contributed by atoms with Gasteiger partial charge in [-0.2, -0.15) is 0 Å². The maximum absolute atomic E-state index is 8.89. The Bertz CT molecular complexity index is 57.3. The summed E-state index contributed by atoms with van der Waals surface area (Å²) in [6.07, 6.45) is -0.351. The van der Waals surface area contributed by atoms with Crippen molar-refractivity contribution < 1.29 is 15.3 Å². The predicted octanol–water partition coefficient (Wildman–Crippen LogP) is -0.499. The lowest BCUT2D eigenvalue weighted by Crippen LogP contribution is -2.19. The molecule has 0 spiro atoms. The van der Waals surface area contributed by atoms with Gasteiger partial charge >= 0.3 is 0 Å². The van der Waals surface area contributed by atoms with Gasteiger partial charge in [0.15, 0.2) is 0 Å². The van der Waals surface area contributed by atoms with Crippen molar-refractivity contribution >= 4 is 0 Å². The van der Waals surface area contributed by atoms with E-state index in [1.165, 1.54) is 0 Å². The summed E-state index contributed by atoms with van der Waals surface area (Å²) in [5, 5.41) is 26.0. The zero-order valence-electron chi connectivity index (χ0n) is 5.62. The molecule has 0 unspecified atom stereocenters. The van der Waals surface area contributed by atoms with Gasteiger partial charge in [-0.25, -0.2) is 0 Å². The van der Waals surface area contributed by atoms with Gasteiger partial charge in [0.05, 0.1) is 18.8 Å². The van der Waals surface area contributed by atoms with Crippen LogP contribution in [0.1, 0.15) is 19.8 Å². The van der Waals surface area contributed by atoms with Crippen molar-refractivity contribution in [1.29, 1.82) is 0 Å². The van der Waals surface area contributed by atoms with Gasteiger partial charge in [0.25, 0.3) is 0 Å². The predicted molar refractivity (Wildman–Crippen MR) is 34.0 cm³/mol. The minimum absolute atomic E-state index is 0.267. The molecule has 0 saturated carbocycles. The molecule has 3 heteroatoms. The van der Waals surface area contributed by atoms with Crippen LogP contribution in [0.4, 0.5) is 0 Å². The normalized spacial score (nSPS) is 17.3. The third kappa shape index (κ3) is 4.39. The topological polar surface area (TPSA) is 60.7 Å². The largest absolute Gasteiger partial charge is 0.394 e. The molecule has 3 N–H and O–H groups in total. The molecule has 0 aromatic heterocycles. The Hall–Kier alpha value is -0.120. The van der Waals surface area contributed by atoms with E-state index in [1.807, 2.05) is 6.92 Å². The first kappa shape index (κ1) is 8.88. The molecule has 0 saturated heterocycles. The number of aliphatic hydroxyl groups excluding tert-OH is 3. The van der Waals surface area contributed by atoms with Gasteiger partial charge in [0.2, 0.25) is 0 Å². The average Bonchev–Trinajstić information content (AvgIpc) is 1.87. The Balaban J connectivity index is 3.22. The van der Waals surface area contributed by atoms with Crippen LogP contribution in [0, 0.1) is 0 Å². The van der Waals surface area contributed by atoms with E-state index in [9.17, 15) is 0 Å². The van der Waals surface area contributed by atoms with Gasteiger partial charge in [-0.05, 0) is 6.42 Å². The summed E-state index contributed by atoms with van der Waals surface area (Å²) in [6, 6.07) is 0. The quantitative estimate of drug-likeness (QED) is 0.486. The molecule has 0 aromatic carbocycles. The Morgan fingerprint density at radius 2 is 1.78 bits per heavy atom. The van der Waals surface area contributed by atoms with Crippen molar-refractivity contribution in [3.63, 3.8) is 0 Å². The van der Waals surface area contributed by atoms with E-state index in [1.54, 1.807) is 0 Å². The lowest BCUT2D eigenvalue weighted by atomic mass is 10.1. The summed E-state index contributed by atoms with van der Waals surface area (Å²) < 4.78 is 0. The molecule has 0 amide bonds. The Morgan fingerprint density at radius 3 is 2.11 bits per heavy atom. The summed E-state index contributed by atoms with van der Waals surface area (Å²) in [6.45, 7) is 1.56. The van der Waals surface area contributed by atoms with E-state index in [4.69, 9.17) is 15.3 Å². The van der Waals surface area contributed by atoms with Gasteiger partial charge in [-0.1, -0.05) is 6.92 Å². The minimum Gasteiger partial charge on any atom is -0.394 e. The Labute approximate surface area is 54.9 Å². The standard InChI is InChI=1S/C6H14O3/c1-2-5(8)3-6(9)4-7/h5-9H,2-4H2,1H3/t5-,6+/m0/s1. The van der Waals surface area contributed by atoms with E-state index < -0.39 is 12.2 Å². The van der Waals surface area contributed by atoms with E-state index in [0.717, 1.165) is 0 Å². The molecular formula is C6H14O3. The summed E-state index contributed by atoms with van der Waals surface area (Å²) in [7, 11) is 0. The molecule has 0 rings (SSSR count). The monoisotopic (exact) mass is 134 g/mol. The second-order valence-corrected chi connectivity index (χ2v) is 2.13.